The highest BCUT2D eigenvalue weighted by atomic mass is 32.2. The smallest absolute Gasteiger partial charge is 0.262 e. The van der Waals surface area contributed by atoms with E-state index >= 15 is 0 Å². The average molecular weight is 486 g/mol. The van der Waals surface area contributed by atoms with Crippen molar-refractivity contribution in [3.8, 4) is 5.75 Å². The SMILES string of the molecule is COc1ccccc1NC(=O)CSc1nnc2n(CCc3ccccc3)c(=O)c3ccccc3n12. The Kier molecular flexibility index (Phi) is 6.49. The van der Waals surface area contributed by atoms with Crippen molar-refractivity contribution < 1.29 is 9.53 Å². The topological polar surface area (TPSA) is 90.5 Å². The molecule has 2 aromatic heterocycles. The van der Waals surface area contributed by atoms with Crippen LogP contribution in [-0.2, 0) is 17.8 Å². The first-order valence-electron chi connectivity index (χ1n) is 11.1. The quantitative estimate of drug-likeness (QED) is 0.334. The van der Waals surface area contributed by atoms with Gasteiger partial charge in [-0.05, 0) is 36.2 Å². The summed E-state index contributed by atoms with van der Waals surface area (Å²) in [4.78, 5) is 26.0. The van der Waals surface area contributed by atoms with Crippen LogP contribution < -0.4 is 15.6 Å². The molecule has 3 aromatic carbocycles. The van der Waals surface area contributed by atoms with Gasteiger partial charge in [0.2, 0.25) is 11.7 Å². The zero-order valence-corrected chi connectivity index (χ0v) is 19.9. The molecule has 0 saturated heterocycles. The van der Waals surface area contributed by atoms with Crippen LogP contribution >= 0.6 is 11.8 Å². The summed E-state index contributed by atoms with van der Waals surface area (Å²) in [5, 5.41) is 12.7. The Bertz CT molecular complexity index is 1560. The van der Waals surface area contributed by atoms with Gasteiger partial charge in [0.05, 0.1) is 29.5 Å². The molecular formula is C26H23N5O3S. The Morgan fingerprint density at radius 2 is 1.71 bits per heavy atom. The number of hydrogen-bond acceptors (Lipinski definition) is 6. The Balaban J connectivity index is 1.45. The van der Waals surface area contributed by atoms with Crippen LogP contribution in [0.1, 0.15) is 5.56 Å². The van der Waals surface area contributed by atoms with Crippen molar-refractivity contribution in [3.05, 3.63) is 94.8 Å². The highest BCUT2D eigenvalue weighted by Gasteiger charge is 2.18. The second kappa shape index (κ2) is 10.0. The molecule has 0 aliphatic rings. The maximum Gasteiger partial charge on any atom is 0.262 e. The maximum atomic E-state index is 13.3. The number of amides is 1. The number of aryl methyl sites for hydroxylation is 2. The highest BCUT2D eigenvalue weighted by molar-refractivity contribution is 7.99. The fraction of sp³-hybridized carbons (Fsp3) is 0.154. The van der Waals surface area contributed by atoms with Gasteiger partial charge in [0.25, 0.3) is 5.56 Å². The molecule has 9 heteroatoms. The van der Waals surface area contributed by atoms with E-state index in [2.05, 4.69) is 15.5 Å². The van der Waals surface area contributed by atoms with Crippen LogP contribution in [0.15, 0.2) is 88.8 Å². The number of para-hydroxylation sites is 3. The zero-order chi connectivity index (χ0) is 24.2. The van der Waals surface area contributed by atoms with E-state index in [1.165, 1.54) is 11.8 Å². The largest absolute Gasteiger partial charge is 0.495 e. The Labute approximate surface area is 205 Å². The maximum absolute atomic E-state index is 13.3. The predicted octanol–water partition coefficient (Wildman–Crippen LogP) is 4.03. The summed E-state index contributed by atoms with van der Waals surface area (Å²) >= 11 is 1.26. The summed E-state index contributed by atoms with van der Waals surface area (Å²) in [5.41, 5.74) is 2.34. The Morgan fingerprint density at radius 1 is 0.971 bits per heavy atom. The molecule has 0 aliphatic heterocycles. The van der Waals surface area contributed by atoms with E-state index in [0.29, 0.717) is 46.2 Å². The summed E-state index contributed by atoms with van der Waals surface area (Å²) in [6, 6.07) is 24.6. The molecule has 5 rings (SSSR count). The third-order valence-electron chi connectivity index (χ3n) is 5.66. The number of carbonyl (C=O) groups excluding carboxylic acids is 1. The molecule has 2 heterocycles. The zero-order valence-electron chi connectivity index (χ0n) is 19.0. The number of ether oxygens (including phenoxy) is 1. The minimum absolute atomic E-state index is 0.109. The van der Waals surface area contributed by atoms with Crippen LogP contribution in [0.5, 0.6) is 5.75 Å². The van der Waals surface area contributed by atoms with E-state index in [4.69, 9.17) is 4.74 Å². The Hall–Kier alpha value is -4.11. The first-order valence-corrected chi connectivity index (χ1v) is 12.1. The van der Waals surface area contributed by atoms with E-state index in [-0.39, 0.29) is 17.2 Å². The third-order valence-corrected chi connectivity index (χ3v) is 6.59. The normalized spacial score (nSPS) is 11.1. The van der Waals surface area contributed by atoms with Crippen molar-refractivity contribution in [1.82, 2.24) is 19.2 Å². The number of hydrogen-bond donors (Lipinski definition) is 1. The molecule has 0 spiro atoms. The van der Waals surface area contributed by atoms with Crippen LogP contribution in [0.3, 0.4) is 0 Å². The van der Waals surface area contributed by atoms with Gasteiger partial charge in [0.1, 0.15) is 5.75 Å². The fourth-order valence-corrected chi connectivity index (χ4v) is 4.72. The lowest BCUT2D eigenvalue weighted by Gasteiger charge is -2.12. The fourth-order valence-electron chi connectivity index (χ4n) is 3.98. The van der Waals surface area contributed by atoms with Crippen molar-refractivity contribution >= 4 is 40.0 Å². The molecule has 0 aliphatic carbocycles. The van der Waals surface area contributed by atoms with Gasteiger partial charge >= 0.3 is 0 Å². The molecule has 176 valence electrons. The van der Waals surface area contributed by atoms with Gasteiger partial charge in [-0.25, -0.2) is 0 Å². The summed E-state index contributed by atoms with van der Waals surface area (Å²) in [5.74, 6) is 0.971. The van der Waals surface area contributed by atoms with Crippen molar-refractivity contribution in [2.24, 2.45) is 0 Å². The first kappa shape index (κ1) is 22.7. The number of nitrogens with one attached hydrogen (secondary N) is 1. The number of thioether (sulfide) groups is 1. The second-order valence-corrected chi connectivity index (χ2v) is 8.81. The highest BCUT2D eigenvalue weighted by Crippen LogP contribution is 2.25. The molecule has 0 radical (unpaired) electrons. The molecular weight excluding hydrogens is 462 g/mol. The lowest BCUT2D eigenvalue weighted by atomic mass is 10.1. The molecule has 0 fully saturated rings. The van der Waals surface area contributed by atoms with E-state index in [1.807, 2.05) is 65.1 Å². The van der Waals surface area contributed by atoms with Crippen LogP contribution in [-0.4, -0.2) is 37.9 Å². The Morgan fingerprint density at radius 3 is 2.54 bits per heavy atom. The van der Waals surface area contributed by atoms with E-state index in [1.54, 1.807) is 29.9 Å². The molecule has 1 amide bonds. The molecule has 0 atom stereocenters. The summed E-state index contributed by atoms with van der Waals surface area (Å²) in [6.07, 6.45) is 0.686. The van der Waals surface area contributed by atoms with Gasteiger partial charge < -0.3 is 10.1 Å². The number of methoxy groups -OCH3 is 1. The molecule has 1 N–H and O–H groups in total. The van der Waals surface area contributed by atoms with Gasteiger partial charge in [-0.3, -0.25) is 18.6 Å². The molecule has 0 unspecified atom stereocenters. The third kappa shape index (κ3) is 4.63. The molecule has 0 saturated carbocycles. The van der Waals surface area contributed by atoms with Crippen molar-refractivity contribution in [2.45, 2.75) is 18.1 Å². The van der Waals surface area contributed by atoms with Crippen LogP contribution in [0, 0.1) is 0 Å². The van der Waals surface area contributed by atoms with Gasteiger partial charge in [-0.2, -0.15) is 0 Å². The van der Waals surface area contributed by atoms with Crippen LogP contribution in [0.4, 0.5) is 5.69 Å². The average Bonchev–Trinajstić information content (AvgIpc) is 3.32. The molecule has 0 bridgehead atoms. The van der Waals surface area contributed by atoms with Gasteiger partial charge in [0.15, 0.2) is 5.16 Å². The van der Waals surface area contributed by atoms with E-state index in [0.717, 1.165) is 5.56 Å². The molecule has 5 aromatic rings. The van der Waals surface area contributed by atoms with E-state index < -0.39 is 0 Å². The van der Waals surface area contributed by atoms with Gasteiger partial charge in [0, 0.05) is 6.54 Å². The van der Waals surface area contributed by atoms with Crippen LogP contribution in [0.25, 0.3) is 16.7 Å². The second-order valence-electron chi connectivity index (χ2n) is 7.86. The number of rotatable bonds is 8. The van der Waals surface area contributed by atoms with E-state index in [9.17, 15) is 9.59 Å². The van der Waals surface area contributed by atoms with Crippen molar-refractivity contribution in [2.75, 3.05) is 18.2 Å². The lowest BCUT2D eigenvalue weighted by molar-refractivity contribution is -0.113. The first-order chi connectivity index (χ1) is 17.2. The van der Waals surface area contributed by atoms with Crippen LogP contribution in [0.2, 0.25) is 0 Å². The minimum atomic E-state index is -0.196. The lowest BCUT2D eigenvalue weighted by Crippen LogP contribution is -2.24. The number of aromatic nitrogens is 4. The standard InChI is InChI=1S/C26H23N5O3S/c1-34-22-14-8-6-12-20(22)27-23(32)17-35-26-29-28-25-30(16-15-18-9-3-2-4-10-18)24(33)19-11-5-7-13-21(19)31(25)26/h2-14H,15-17H2,1H3,(H,27,32). The van der Waals surface area contributed by atoms with Gasteiger partial charge in [-0.1, -0.05) is 66.4 Å². The number of carbonyl (C=O) groups is 1. The summed E-state index contributed by atoms with van der Waals surface area (Å²) < 4.78 is 8.81. The molecule has 8 nitrogen and oxygen atoms in total. The summed E-state index contributed by atoms with van der Waals surface area (Å²) in [7, 11) is 1.56. The number of benzene rings is 3. The number of nitrogens with zero attached hydrogens (tertiary/aromatic N) is 4. The minimum Gasteiger partial charge on any atom is -0.495 e. The monoisotopic (exact) mass is 485 g/mol. The van der Waals surface area contributed by atoms with Gasteiger partial charge in [-0.15, -0.1) is 10.2 Å². The number of fused-ring (bicyclic) bond motifs is 3. The van der Waals surface area contributed by atoms with Crippen molar-refractivity contribution in [1.29, 1.82) is 0 Å². The summed E-state index contributed by atoms with van der Waals surface area (Å²) in [6.45, 7) is 0.467. The molecule has 35 heavy (non-hydrogen) atoms. The number of anilines is 1. The van der Waals surface area contributed by atoms with Crippen molar-refractivity contribution in [3.63, 3.8) is 0 Å². The predicted molar refractivity (Wildman–Crippen MR) is 137 cm³/mol.